The van der Waals surface area contributed by atoms with Crippen molar-refractivity contribution in [2.75, 3.05) is 7.11 Å². The third kappa shape index (κ3) is 6.85. The van der Waals surface area contributed by atoms with Gasteiger partial charge in [-0.2, -0.15) is 0 Å². The molecule has 6 rings (SSSR count). The molecule has 3 aliphatic carbocycles. The summed E-state index contributed by atoms with van der Waals surface area (Å²) in [5.74, 6) is -4.39. The number of nitrogens with one attached hydrogen (secondary N) is 1. The zero-order valence-electron chi connectivity index (χ0n) is 30.4. The van der Waals surface area contributed by atoms with Crippen molar-refractivity contribution >= 4 is 29.4 Å². The highest BCUT2D eigenvalue weighted by Gasteiger charge is 2.50. The van der Waals surface area contributed by atoms with E-state index in [2.05, 4.69) is 5.32 Å². The van der Waals surface area contributed by atoms with Crippen LogP contribution >= 0.6 is 0 Å². The number of carboxylic acids is 1. The Morgan fingerprint density at radius 2 is 1.78 bits per heavy atom. The molecule has 15 heteroatoms. The quantitative estimate of drug-likeness (QED) is 0.142. The molecule has 8 atom stereocenters. The Balaban J connectivity index is 1.29. The zero-order chi connectivity index (χ0) is 39.3. The monoisotopic (exact) mass is 751 g/mol. The van der Waals surface area contributed by atoms with Crippen LogP contribution in [0.25, 0.3) is 0 Å². The van der Waals surface area contributed by atoms with E-state index < -0.39 is 113 Å². The first-order valence-electron chi connectivity index (χ1n) is 18.0. The molecule has 6 N–H and O–H groups in total. The molecule has 0 aromatic heterocycles. The zero-order valence-corrected chi connectivity index (χ0v) is 30.4. The van der Waals surface area contributed by atoms with E-state index in [0.29, 0.717) is 12.8 Å². The van der Waals surface area contributed by atoms with Crippen molar-refractivity contribution in [2.24, 2.45) is 5.41 Å². The second-order valence-corrected chi connectivity index (χ2v) is 14.8. The number of Topliss-reactive ketones (excluding diaryl/α,β-unsaturated/α-hetero) is 1. The van der Waals surface area contributed by atoms with Gasteiger partial charge in [0.1, 0.15) is 35.1 Å². The fourth-order valence-electron chi connectivity index (χ4n) is 8.01. The van der Waals surface area contributed by atoms with E-state index in [1.54, 1.807) is 26.0 Å². The molecule has 0 bridgehead atoms. The average Bonchev–Trinajstić information content (AvgIpc) is 3.12. The summed E-state index contributed by atoms with van der Waals surface area (Å²) in [6.45, 7) is 4.73. The number of phenols is 2. The molecule has 1 aliphatic heterocycles. The number of hydrogen-bond donors (Lipinski definition) is 6. The van der Waals surface area contributed by atoms with Gasteiger partial charge in [0.2, 0.25) is 5.78 Å². The molecule has 0 radical (unpaired) electrons. The Kier molecular flexibility index (Phi) is 10.6. The lowest BCUT2D eigenvalue weighted by Crippen LogP contribution is -2.56. The number of phenolic OH excluding ortho intramolecular Hbond substituents is 2. The smallest absolute Gasteiger partial charge is 0.408 e. The SMILES string of the molecule is CCC(=O)[C@]1(O)Cc2c(O)c3c(c(O)c2[C@@H](O[C@H]2C[C@@H](NC(=O)O[C@@H]4/C=C/CC[C@](C)(C(=O)O)CC4)[C@H](O)C(C)O2)C1)C(=O)c1c(OC)cccc1C3=O. The molecule has 2 aromatic carbocycles. The molecule has 1 heterocycles. The highest BCUT2D eigenvalue weighted by atomic mass is 16.7. The van der Waals surface area contributed by atoms with Gasteiger partial charge in [-0.15, -0.1) is 0 Å². The third-order valence-electron chi connectivity index (χ3n) is 11.2. The van der Waals surface area contributed by atoms with Gasteiger partial charge in [-0.1, -0.05) is 25.1 Å². The maximum absolute atomic E-state index is 14.0. The summed E-state index contributed by atoms with van der Waals surface area (Å²) in [4.78, 5) is 65.8. The topological polar surface area (TPSA) is 235 Å². The van der Waals surface area contributed by atoms with Crippen LogP contribution in [0.3, 0.4) is 0 Å². The molecule has 15 nitrogen and oxygen atoms in total. The number of aromatic hydroxyl groups is 2. The van der Waals surface area contributed by atoms with Crippen molar-refractivity contribution in [3.63, 3.8) is 0 Å². The lowest BCUT2D eigenvalue weighted by molar-refractivity contribution is -0.249. The van der Waals surface area contributed by atoms with Crippen LogP contribution in [-0.4, -0.2) is 98.3 Å². The van der Waals surface area contributed by atoms with Gasteiger partial charge < -0.3 is 49.8 Å². The lowest BCUT2D eigenvalue weighted by Gasteiger charge is -2.43. The maximum Gasteiger partial charge on any atom is 0.408 e. The van der Waals surface area contributed by atoms with Gasteiger partial charge in [0.15, 0.2) is 17.9 Å². The number of amides is 1. The number of carbonyl (C=O) groups excluding carboxylic acids is 4. The van der Waals surface area contributed by atoms with Crippen LogP contribution in [-0.2, 0) is 30.2 Å². The van der Waals surface area contributed by atoms with Crippen molar-refractivity contribution in [1.82, 2.24) is 5.32 Å². The molecule has 0 spiro atoms. The van der Waals surface area contributed by atoms with Crippen LogP contribution in [0.1, 0.15) is 115 Å². The van der Waals surface area contributed by atoms with Crippen LogP contribution in [0.2, 0.25) is 0 Å². The summed E-state index contributed by atoms with van der Waals surface area (Å²) in [6.07, 6.45) is -2.65. The Morgan fingerprint density at radius 3 is 2.46 bits per heavy atom. The van der Waals surface area contributed by atoms with Gasteiger partial charge in [0, 0.05) is 42.4 Å². The number of allylic oxidation sites excluding steroid dienone is 1. The van der Waals surface area contributed by atoms with E-state index in [0.717, 1.165) is 0 Å². The number of carbonyl (C=O) groups is 5. The minimum atomic E-state index is -2.11. The number of alkyl carbamates (subject to hydrolysis) is 1. The first-order valence-corrected chi connectivity index (χ1v) is 18.0. The van der Waals surface area contributed by atoms with Crippen molar-refractivity contribution in [1.29, 1.82) is 0 Å². The van der Waals surface area contributed by atoms with Crippen molar-refractivity contribution in [3.05, 3.63) is 63.7 Å². The van der Waals surface area contributed by atoms with Gasteiger partial charge in [-0.25, -0.2) is 4.79 Å². The first-order chi connectivity index (χ1) is 25.5. The molecule has 1 fully saturated rings. The van der Waals surface area contributed by atoms with E-state index in [1.165, 1.54) is 32.2 Å². The summed E-state index contributed by atoms with van der Waals surface area (Å²) in [5, 5.41) is 58.5. The number of ether oxygens (including phenoxy) is 4. The molecule has 1 amide bonds. The van der Waals surface area contributed by atoms with Crippen LogP contribution < -0.4 is 10.1 Å². The number of aliphatic hydroxyl groups is 2. The number of aliphatic hydroxyl groups excluding tert-OH is 1. The summed E-state index contributed by atoms with van der Waals surface area (Å²) >= 11 is 0. The Labute approximate surface area is 310 Å². The summed E-state index contributed by atoms with van der Waals surface area (Å²) in [5.41, 5.74) is -4.52. The molecular weight excluding hydrogens is 706 g/mol. The summed E-state index contributed by atoms with van der Waals surface area (Å²) in [7, 11) is 1.32. The molecule has 54 heavy (non-hydrogen) atoms. The normalized spacial score (nSPS) is 31.1. The number of carboxylic acid groups (broad SMARTS) is 1. The fourth-order valence-corrected chi connectivity index (χ4v) is 8.01. The number of benzene rings is 2. The molecule has 4 aliphatic rings. The molecule has 1 saturated heterocycles. The standard InChI is InChI=1S/C39H45NO14/c1-5-25(41)39(50)16-21-28(35(46)30-29(33(21)44)32(43)20-10-8-11-23(51-4)27(20)34(30)45)24(17-39)54-26-15-22(31(42)18(2)52-26)40-37(49)53-19-9-6-7-13-38(3,14-12-19)36(47)48/h6,8-11,18-19,22,24,26,31,42,44,46,50H,5,7,12-17H2,1-4H3,(H,40,49)(H,47,48)/b9-6+/t18?,19-,22-,24+,26+,31-,38+,39+/m1/s1. The summed E-state index contributed by atoms with van der Waals surface area (Å²) < 4.78 is 23.2. The van der Waals surface area contributed by atoms with E-state index in [9.17, 15) is 49.5 Å². The van der Waals surface area contributed by atoms with Gasteiger partial charge in [-0.05, 0) is 51.7 Å². The Hall–Kier alpha value is -4.83. The number of methoxy groups -OCH3 is 1. The second-order valence-electron chi connectivity index (χ2n) is 14.8. The van der Waals surface area contributed by atoms with Gasteiger partial charge >= 0.3 is 12.1 Å². The number of hydrogen-bond acceptors (Lipinski definition) is 13. The van der Waals surface area contributed by atoms with Crippen molar-refractivity contribution in [3.8, 4) is 17.2 Å². The number of aliphatic carboxylic acids is 1. The van der Waals surface area contributed by atoms with E-state index in [1.807, 2.05) is 0 Å². The molecule has 0 saturated carbocycles. The highest BCUT2D eigenvalue weighted by Crippen LogP contribution is 2.52. The third-order valence-corrected chi connectivity index (χ3v) is 11.2. The number of fused-ring (bicyclic) bond motifs is 3. The highest BCUT2D eigenvalue weighted by molar-refractivity contribution is 6.31. The number of rotatable bonds is 8. The fraction of sp³-hybridized carbons (Fsp3) is 0.513. The van der Waals surface area contributed by atoms with Crippen LogP contribution in [0, 0.1) is 5.41 Å². The maximum atomic E-state index is 14.0. The lowest BCUT2D eigenvalue weighted by atomic mass is 9.71. The van der Waals surface area contributed by atoms with Crippen LogP contribution in [0.5, 0.6) is 17.2 Å². The van der Waals surface area contributed by atoms with Gasteiger partial charge in [0.25, 0.3) is 0 Å². The molecular formula is C39H45NO14. The second kappa shape index (κ2) is 14.8. The Morgan fingerprint density at radius 1 is 1.06 bits per heavy atom. The van der Waals surface area contributed by atoms with Crippen molar-refractivity contribution in [2.45, 2.75) is 114 Å². The van der Waals surface area contributed by atoms with Crippen LogP contribution in [0.4, 0.5) is 4.79 Å². The summed E-state index contributed by atoms with van der Waals surface area (Å²) in [6, 6.07) is 3.37. The van der Waals surface area contributed by atoms with Gasteiger partial charge in [-0.3, -0.25) is 19.2 Å². The largest absolute Gasteiger partial charge is 0.507 e. The van der Waals surface area contributed by atoms with E-state index >= 15 is 0 Å². The number of ketones is 3. The minimum absolute atomic E-state index is 0.0606. The molecule has 290 valence electrons. The first kappa shape index (κ1) is 38.9. The van der Waals surface area contributed by atoms with Crippen molar-refractivity contribution < 1.29 is 68.5 Å². The molecule has 1 unspecified atom stereocenters. The minimum Gasteiger partial charge on any atom is -0.507 e. The average molecular weight is 752 g/mol. The predicted octanol–water partition coefficient (Wildman–Crippen LogP) is 3.78. The molecule has 2 aromatic rings. The van der Waals surface area contributed by atoms with Gasteiger partial charge in [0.05, 0.1) is 47.5 Å². The van der Waals surface area contributed by atoms with Crippen LogP contribution in [0.15, 0.2) is 30.4 Å². The van der Waals surface area contributed by atoms with E-state index in [4.69, 9.17) is 18.9 Å². The van der Waals surface area contributed by atoms with E-state index in [-0.39, 0.29) is 53.7 Å². The Bertz CT molecular complexity index is 1920. The predicted molar refractivity (Wildman–Crippen MR) is 188 cm³/mol.